The fraction of sp³-hybridized carbons (Fsp3) is 0.600. The molecule has 0 aliphatic carbocycles. The molecular formula is C10H11F6N3O. The standard InChI is InChI=1S/C10H11F6N3O/c1-3-17-6-5(2)7(19-4-18-6)20-8(9(11,12)13)10(14,15)16/h4,8H,3H2,1-2H3,(H,17,18,19). The molecule has 114 valence electrons. The fourth-order valence-electron chi connectivity index (χ4n) is 1.33. The van der Waals surface area contributed by atoms with Crippen molar-refractivity contribution < 1.29 is 31.1 Å². The van der Waals surface area contributed by atoms with Crippen molar-refractivity contribution in [2.45, 2.75) is 32.3 Å². The molecule has 0 unspecified atom stereocenters. The number of hydrogen-bond acceptors (Lipinski definition) is 4. The Hall–Kier alpha value is -1.74. The van der Waals surface area contributed by atoms with Gasteiger partial charge in [0.2, 0.25) is 5.88 Å². The van der Waals surface area contributed by atoms with Crippen LogP contribution in [0.4, 0.5) is 32.2 Å². The van der Waals surface area contributed by atoms with Crippen molar-refractivity contribution in [3.63, 3.8) is 0 Å². The molecule has 0 aliphatic rings. The van der Waals surface area contributed by atoms with E-state index < -0.39 is 24.3 Å². The smallest absolute Gasteiger partial charge is 0.434 e. The molecule has 0 saturated carbocycles. The molecule has 0 spiro atoms. The minimum absolute atomic E-state index is 0.0344. The van der Waals surface area contributed by atoms with E-state index in [0.29, 0.717) is 6.54 Å². The molecule has 1 N–H and O–H groups in total. The predicted molar refractivity (Wildman–Crippen MR) is 57.5 cm³/mol. The third-order valence-electron chi connectivity index (χ3n) is 2.21. The molecule has 0 radical (unpaired) electrons. The molecule has 1 rings (SSSR count). The summed E-state index contributed by atoms with van der Waals surface area (Å²) in [6.07, 6.45) is -14.3. The van der Waals surface area contributed by atoms with E-state index in [0.717, 1.165) is 6.33 Å². The van der Waals surface area contributed by atoms with Crippen molar-refractivity contribution in [2.75, 3.05) is 11.9 Å². The average molecular weight is 303 g/mol. The van der Waals surface area contributed by atoms with Crippen LogP contribution in [0.2, 0.25) is 0 Å². The van der Waals surface area contributed by atoms with Gasteiger partial charge in [-0.3, -0.25) is 0 Å². The van der Waals surface area contributed by atoms with E-state index in [1.807, 2.05) is 0 Å². The van der Waals surface area contributed by atoms with Crippen molar-refractivity contribution in [3.8, 4) is 5.88 Å². The molecule has 0 bridgehead atoms. The summed E-state index contributed by atoms with van der Waals surface area (Å²) in [4.78, 5) is 7.01. The van der Waals surface area contributed by atoms with Crippen LogP contribution in [0, 0.1) is 6.92 Å². The third-order valence-corrected chi connectivity index (χ3v) is 2.21. The van der Waals surface area contributed by atoms with E-state index in [1.165, 1.54) is 6.92 Å². The Morgan fingerprint density at radius 2 is 1.70 bits per heavy atom. The Morgan fingerprint density at radius 3 is 2.15 bits per heavy atom. The summed E-state index contributed by atoms with van der Waals surface area (Å²) >= 11 is 0. The van der Waals surface area contributed by atoms with Crippen LogP contribution in [0.25, 0.3) is 0 Å². The third kappa shape index (κ3) is 3.87. The molecule has 0 aliphatic heterocycles. The highest BCUT2D eigenvalue weighted by Crippen LogP contribution is 2.37. The van der Waals surface area contributed by atoms with Crippen LogP contribution in [0.15, 0.2) is 6.33 Å². The number of anilines is 1. The summed E-state index contributed by atoms with van der Waals surface area (Å²) in [5.41, 5.74) is -0.0344. The van der Waals surface area contributed by atoms with Crippen molar-refractivity contribution in [2.24, 2.45) is 0 Å². The van der Waals surface area contributed by atoms with E-state index >= 15 is 0 Å². The normalized spacial score (nSPS) is 12.7. The molecule has 1 aromatic heterocycles. The summed E-state index contributed by atoms with van der Waals surface area (Å²) < 4.78 is 78.3. The number of hydrogen-bond donors (Lipinski definition) is 1. The molecule has 1 heterocycles. The first-order chi connectivity index (χ1) is 9.07. The quantitative estimate of drug-likeness (QED) is 0.868. The van der Waals surface area contributed by atoms with Gasteiger partial charge >= 0.3 is 12.4 Å². The second kappa shape index (κ2) is 5.71. The van der Waals surface area contributed by atoms with Gasteiger partial charge in [0.15, 0.2) is 0 Å². The number of rotatable bonds is 4. The van der Waals surface area contributed by atoms with Crippen LogP contribution in [-0.2, 0) is 0 Å². The molecule has 0 fully saturated rings. The lowest BCUT2D eigenvalue weighted by molar-refractivity contribution is -0.300. The molecule has 0 saturated heterocycles. The first-order valence-corrected chi connectivity index (χ1v) is 5.43. The van der Waals surface area contributed by atoms with Crippen LogP contribution >= 0.6 is 0 Å². The second-order valence-corrected chi connectivity index (χ2v) is 3.76. The monoisotopic (exact) mass is 303 g/mol. The predicted octanol–water partition coefficient (Wildman–Crippen LogP) is 3.09. The summed E-state index contributed by atoms with van der Waals surface area (Å²) in [5.74, 6) is -0.656. The van der Waals surface area contributed by atoms with E-state index in [2.05, 4.69) is 20.0 Å². The van der Waals surface area contributed by atoms with Gasteiger partial charge in [0.05, 0.1) is 5.56 Å². The maximum Gasteiger partial charge on any atom is 0.434 e. The maximum atomic E-state index is 12.4. The minimum atomic E-state index is -5.59. The number of nitrogens with zero attached hydrogens (tertiary/aromatic N) is 2. The topological polar surface area (TPSA) is 47.0 Å². The molecule has 4 nitrogen and oxygen atoms in total. The average Bonchev–Trinajstić information content (AvgIpc) is 2.27. The Kier molecular flexibility index (Phi) is 4.66. The van der Waals surface area contributed by atoms with Gasteiger partial charge in [0.1, 0.15) is 12.1 Å². The molecule has 0 atom stereocenters. The first kappa shape index (κ1) is 16.3. The Bertz CT molecular complexity index is 445. The number of aromatic nitrogens is 2. The van der Waals surface area contributed by atoms with Crippen LogP contribution in [0.1, 0.15) is 12.5 Å². The lowest BCUT2D eigenvalue weighted by Crippen LogP contribution is -2.46. The van der Waals surface area contributed by atoms with Gasteiger partial charge in [0, 0.05) is 6.54 Å². The first-order valence-electron chi connectivity index (χ1n) is 5.43. The maximum absolute atomic E-state index is 12.4. The van der Waals surface area contributed by atoms with Gasteiger partial charge in [-0.2, -0.15) is 26.3 Å². The van der Waals surface area contributed by atoms with Crippen molar-refractivity contribution >= 4 is 5.82 Å². The summed E-state index contributed by atoms with van der Waals surface area (Å²) in [6, 6.07) is 0. The molecule has 20 heavy (non-hydrogen) atoms. The number of nitrogens with one attached hydrogen (secondary N) is 1. The number of alkyl halides is 6. The highest BCUT2D eigenvalue weighted by Gasteiger charge is 2.59. The number of ether oxygens (including phenoxy) is 1. The van der Waals surface area contributed by atoms with Gasteiger partial charge in [-0.05, 0) is 13.8 Å². The van der Waals surface area contributed by atoms with Crippen LogP contribution in [0.5, 0.6) is 5.88 Å². The SMILES string of the molecule is CCNc1ncnc(OC(C(F)(F)F)C(F)(F)F)c1C. The van der Waals surface area contributed by atoms with Crippen molar-refractivity contribution in [3.05, 3.63) is 11.9 Å². The van der Waals surface area contributed by atoms with Gasteiger partial charge in [-0.25, -0.2) is 9.97 Å². The van der Waals surface area contributed by atoms with E-state index in [9.17, 15) is 26.3 Å². The summed E-state index contributed by atoms with van der Waals surface area (Å²) in [5, 5.41) is 2.67. The van der Waals surface area contributed by atoms with Crippen LogP contribution < -0.4 is 10.1 Å². The Labute approximate surface area is 110 Å². The largest absolute Gasteiger partial charge is 0.454 e. The van der Waals surface area contributed by atoms with Gasteiger partial charge in [-0.1, -0.05) is 0 Å². The van der Waals surface area contributed by atoms with Gasteiger partial charge in [0.25, 0.3) is 6.10 Å². The zero-order chi connectivity index (χ0) is 15.6. The summed E-state index contributed by atoms with van der Waals surface area (Å²) in [7, 11) is 0. The van der Waals surface area contributed by atoms with Crippen molar-refractivity contribution in [1.82, 2.24) is 9.97 Å². The highest BCUT2D eigenvalue weighted by molar-refractivity contribution is 5.47. The lowest BCUT2D eigenvalue weighted by atomic mass is 10.3. The summed E-state index contributed by atoms with van der Waals surface area (Å²) in [6.45, 7) is 3.34. The number of halogens is 6. The van der Waals surface area contributed by atoms with Crippen molar-refractivity contribution in [1.29, 1.82) is 0 Å². The zero-order valence-corrected chi connectivity index (χ0v) is 10.4. The fourth-order valence-corrected chi connectivity index (χ4v) is 1.33. The van der Waals surface area contributed by atoms with Gasteiger partial charge < -0.3 is 10.1 Å². The van der Waals surface area contributed by atoms with E-state index in [-0.39, 0.29) is 11.4 Å². The Morgan fingerprint density at radius 1 is 1.15 bits per heavy atom. The molecule has 0 amide bonds. The highest BCUT2D eigenvalue weighted by atomic mass is 19.4. The van der Waals surface area contributed by atoms with E-state index in [4.69, 9.17) is 0 Å². The molecule has 0 aromatic carbocycles. The van der Waals surface area contributed by atoms with Crippen LogP contribution in [-0.4, -0.2) is 35.0 Å². The second-order valence-electron chi connectivity index (χ2n) is 3.76. The molecule has 1 aromatic rings. The lowest BCUT2D eigenvalue weighted by Gasteiger charge is -2.24. The zero-order valence-electron chi connectivity index (χ0n) is 10.4. The molecule has 10 heteroatoms. The molecular weight excluding hydrogens is 292 g/mol. The minimum Gasteiger partial charge on any atom is -0.454 e. The Balaban J connectivity index is 3.10. The van der Waals surface area contributed by atoms with E-state index in [1.54, 1.807) is 6.92 Å². The van der Waals surface area contributed by atoms with Crippen LogP contribution in [0.3, 0.4) is 0 Å². The van der Waals surface area contributed by atoms with Gasteiger partial charge in [-0.15, -0.1) is 0 Å².